The number of nitrogens with zero attached hydrogens (tertiary/aromatic N) is 2. The summed E-state index contributed by atoms with van der Waals surface area (Å²) in [6, 6.07) is 14.6. The second-order valence-corrected chi connectivity index (χ2v) is 5.63. The summed E-state index contributed by atoms with van der Waals surface area (Å²) >= 11 is 0. The number of carbonyl (C=O) groups excluding carboxylic acids is 1. The largest absolute Gasteiger partial charge is 0.321 e. The number of carbonyl (C=O) groups is 1. The third-order valence-corrected chi connectivity index (χ3v) is 4.06. The maximum Gasteiger partial charge on any atom is 0.279 e. The Labute approximate surface area is 147 Å². The molecule has 0 aliphatic heterocycles. The van der Waals surface area contributed by atoms with Crippen LogP contribution in [0, 0.1) is 27.2 Å². The van der Waals surface area contributed by atoms with Crippen LogP contribution in [0.3, 0.4) is 0 Å². The number of nitrogens with one attached hydrogen (secondary N) is 1. The van der Waals surface area contributed by atoms with Crippen molar-refractivity contribution >= 4 is 33.7 Å². The predicted octanol–water partition coefficient (Wildman–Crippen LogP) is 4.22. The van der Waals surface area contributed by atoms with Gasteiger partial charge in [-0.25, -0.2) is 0 Å². The molecule has 8 heteroatoms. The number of amides is 1. The van der Waals surface area contributed by atoms with Crippen molar-refractivity contribution < 1.29 is 14.6 Å². The Hall–Kier alpha value is -3.81. The Morgan fingerprint density at radius 1 is 0.962 bits per heavy atom. The van der Waals surface area contributed by atoms with E-state index in [1.54, 1.807) is 12.1 Å². The second kappa shape index (κ2) is 6.60. The summed E-state index contributed by atoms with van der Waals surface area (Å²) in [5.41, 5.74) is -0.508. The first kappa shape index (κ1) is 17.0. The molecular weight excluding hydrogens is 338 g/mol. The quantitative estimate of drug-likeness (QED) is 0.558. The van der Waals surface area contributed by atoms with Crippen LogP contribution in [0.15, 0.2) is 54.6 Å². The van der Waals surface area contributed by atoms with Crippen LogP contribution >= 0.6 is 0 Å². The molecule has 0 atom stereocenters. The minimum absolute atomic E-state index is 0.0679. The molecule has 3 rings (SSSR count). The number of non-ortho nitro benzene ring substituents is 1. The van der Waals surface area contributed by atoms with Gasteiger partial charge in [0.2, 0.25) is 0 Å². The fourth-order valence-electron chi connectivity index (χ4n) is 2.74. The number of hydrogen-bond acceptors (Lipinski definition) is 5. The lowest BCUT2D eigenvalue weighted by atomic mass is 10.0. The molecule has 3 aromatic rings. The van der Waals surface area contributed by atoms with Gasteiger partial charge in [-0.05, 0) is 18.4 Å². The highest BCUT2D eigenvalue weighted by atomic mass is 16.6. The van der Waals surface area contributed by atoms with E-state index in [1.807, 2.05) is 30.3 Å². The molecule has 0 radical (unpaired) electrons. The maximum absolute atomic E-state index is 12.7. The zero-order chi connectivity index (χ0) is 18.8. The van der Waals surface area contributed by atoms with E-state index in [9.17, 15) is 25.0 Å². The highest BCUT2D eigenvalue weighted by molar-refractivity contribution is 6.10. The molecule has 0 bridgehead atoms. The van der Waals surface area contributed by atoms with Crippen LogP contribution in [-0.4, -0.2) is 15.8 Å². The molecule has 0 aromatic heterocycles. The van der Waals surface area contributed by atoms with E-state index in [2.05, 4.69) is 5.32 Å². The number of nitro benzene ring substituents is 2. The summed E-state index contributed by atoms with van der Waals surface area (Å²) in [4.78, 5) is 33.4. The van der Waals surface area contributed by atoms with Gasteiger partial charge in [0.05, 0.1) is 21.5 Å². The van der Waals surface area contributed by atoms with E-state index in [1.165, 1.54) is 6.92 Å². The normalized spacial score (nSPS) is 10.5. The molecule has 0 spiro atoms. The molecule has 130 valence electrons. The van der Waals surface area contributed by atoms with Gasteiger partial charge in [0.1, 0.15) is 0 Å². The van der Waals surface area contributed by atoms with Crippen LogP contribution in [0.4, 0.5) is 17.1 Å². The molecule has 3 aromatic carbocycles. The number of fused-ring (bicyclic) bond motifs is 1. The van der Waals surface area contributed by atoms with Crippen LogP contribution in [-0.2, 0) is 0 Å². The van der Waals surface area contributed by atoms with E-state index in [0.717, 1.165) is 22.9 Å². The van der Waals surface area contributed by atoms with Crippen molar-refractivity contribution in [2.24, 2.45) is 0 Å². The molecule has 0 unspecified atom stereocenters. The highest BCUT2D eigenvalue weighted by Crippen LogP contribution is 2.29. The van der Waals surface area contributed by atoms with Gasteiger partial charge in [-0.3, -0.25) is 25.0 Å². The lowest BCUT2D eigenvalue weighted by Gasteiger charge is -2.10. The van der Waals surface area contributed by atoms with Gasteiger partial charge in [0.25, 0.3) is 17.3 Å². The van der Waals surface area contributed by atoms with Gasteiger partial charge < -0.3 is 5.32 Å². The zero-order valence-corrected chi connectivity index (χ0v) is 13.6. The average molecular weight is 351 g/mol. The van der Waals surface area contributed by atoms with E-state index in [0.29, 0.717) is 5.69 Å². The monoisotopic (exact) mass is 351 g/mol. The van der Waals surface area contributed by atoms with E-state index >= 15 is 0 Å². The van der Waals surface area contributed by atoms with Crippen molar-refractivity contribution in [3.63, 3.8) is 0 Å². The Kier molecular flexibility index (Phi) is 4.32. The SMILES string of the molecule is Cc1c(C(=O)Nc2cccc3ccccc23)cc([N+](=O)[O-])cc1[N+](=O)[O-]. The minimum Gasteiger partial charge on any atom is -0.321 e. The number of nitro groups is 2. The molecule has 8 nitrogen and oxygen atoms in total. The summed E-state index contributed by atoms with van der Waals surface area (Å²) in [5.74, 6) is -0.648. The second-order valence-electron chi connectivity index (χ2n) is 5.63. The van der Waals surface area contributed by atoms with Crippen LogP contribution in [0.25, 0.3) is 10.8 Å². The number of rotatable bonds is 4. The third-order valence-electron chi connectivity index (χ3n) is 4.06. The van der Waals surface area contributed by atoms with Crippen LogP contribution in [0.5, 0.6) is 0 Å². The summed E-state index contributed by atoms with van der Waals surface area (Å²) in [5, 5.41) is 26.6. The molecule has 0 saturated carbocycles. The Morgan fingerprint density at radius 3 is 2.35 bits per heavy atom. The van der Waals surface area contributed by atoms with Crippen molar-refractivity contribution in [1.82, 2.24) is 0 Å². The lowest BCUT2D eigenvalue weighted by molar-refractivity contribution is -0.394. The Morgan fingerprint density at radius 2 is 1.65 bits per heavy atom. The molecule has 0 aliphatic rings. The first-order chi connectivity index (χ1) is 12.4. The van der Waals surface area contributed by atoms with E-state index in [-0.39, 0.29) is 11.1 Å². The molecule has 0 saturated heterocycles. The summed E-state index contributed by atoms with van der Waals surface area (Å²) in [6.07, 6.45) is 0. The highest BCUT2D eigenvalue weighted by Gasteiger charge is 2.25. The van der Waals surface area contributed by atoms with Crippen molar-refractivity contribution in [1.29, 1.82) is 0 Å². The molecule has 0 aliphatic carbocycles. The molecule has 0 heterocycles. The predicted molar refractivity (Wildman–Crippen MR) is 96.4 cm³/mol. The number of hydrogen-bond donors (Lipinski definition) is 1. The molecular formula is C18H13N3O5. The van der Waals surface area contributed by atoms with Crippen LogP contribution in [0.2, 0.25) is 0 Å². The first-order valence-electron chi connectivity index (χ1n) is 7.61. The average Bonchev–Trinajstić information content (AvgIpc) is 2.61. The summed E-state index contributed by atoms with van der Waals surface area (Å²) in [7, 11) is 0. The van der Waals surface area contributed by atoms with Gasteiger partial charge in [-0.2, -0.15) is 0 Å². The molecule has 1 N–H and O–H groups in total. The fourth-order valence-corrected chi connectivity index (χ4v) is 2.74. The smallest absolute Gasteiger partial charge is 0.279 e. The molecule has 0 fully saturated rings. The van der Waals surface area contributed by atoms with Crippen molar-refractivity contribution in [3.05, 3.63) is 86.0 Å². The van der Waals surface area contributed by atoms with Gasteiger partial charge in [-0.1, -0.05) is 36.4 Å². The zero-order valence-electron chi connectivity index (χ0n) is 13.6. The van der Waals surface area contributed by atoms with E-state index in [4.69, 9.17) is 0 Å². The molecule has 1 amide bonds. The number of anilines is 1. The van der Waals surface area contributed by atoms with Crippen molar-refractivity contribution in [2.75, 3.05) is 5.32 Å². The fraction of sp³-hybridized carbons (Fsp3) is 0.0556. The van der Waals surface area contributed by atoms with Crippen LogP contribution < -0.4 is 5.32 Å². The van der Waals surface area contributed by atoms with Crippen LogP contribution in [0.1, 0.15) is 15.9 Å². The minimum atomic E-state index is -0.763. The van der Waals surface area contributed by atoms with E-state index < -0.39 is 27.1 Å². The summed E-state index contributed by atoms with van der Waals surface area (Å²) < 4.78 is 0. The lowest BCUT2D eigenvalue weighted by Crippen LogP contribution is -2.15. The van der Waals surface area contributed by atoms with Crippen molar-refractivity contribution in [3.8, 4) is 0 Å². The maximum atomic E-state index is 12.7. The standard InChI is InChI=1S/C18H13N3O5/c1-11-15(9-13(20(23)24)10-17(11)21(25)26)18(22)19-16-8-4-6-12-5-2-3-7-14(12)16/h2-10H,1H3,(H,19,22). The Bertz CT molecular complexity index is 1060. The van der Waals surface area contributed by atoms with Gasteiger partial charge in [-0.15, -0.1) is 0 Å². The summed E-state index contributed by atoms with van der Waals surface area (Å²) in [6.45, 7) is 1.39. The van der Waals surface area contributed by atoms with Gasteiger partial charge >= 0.3 is 0 Å². The van der Waals surface area contributed by atoms with Crippen molar-refractivity contribution in [2.45, 2.75) is 6.92 Å². The number of benzene rings is 3. The van der Waals surface area contributed by atoms with Gasteiger partial charge in [0, 0.05) is 22.7 Å². The topological polar surface area (TPSA) is 115 Å². The first-order valence-corrected chi connectivity index (χ1v) is 7.61. The molecule has 26 heavy (non-hydrogen) atoms. The third kappa shape index (κ3) is 3.07. The Balaban J connectivity index is 2.07. The van der Waals surface area contributed by atoms with Gasteiger partial charge in [0.15, 0.2) is 0 Å².